The van der Waals surface area contributed by atoms with Gasteiger partial charge in [0.25, 0.3) is 0 Å². The average Bonchev–Trinajstić information content (AvgIpc) is 2.80. The average molecular weight is 489 g/mol. The SMILES string of the molecule is CC#CCCCCCCCCCCCSCC(=O)NC(CC(C)C)C(=O)Nc1ccc(O)cc1. The van der Waals surface area contributed by atoms with Gasteiger partial charge in [-0.25, -0.2) is 0 Å². The lowest BCUT2D eigenvalue weighted by molar-refractivity contribution is -0.125. The molecule has 0 fully saturated rings. The first-order valence-corrected chi connectivity index (χ1v) is 13.9. The topological polar surface area (TPSA) is 78.4 Å². The molecule has 1 atom stereocenters. The smallest absolute Gasteiger partial charge is 0.246 e. The number of unbranched alkanes of at least 4 members (excludes halogenated alkanes) is 9. The van der Waals surface area contributed by atoms with Crippen LogP contribution in [0.4, 0.5) is 5.69 Å². The zero-order valence-corrected chi connectivity index (χ0v) is 22.1. The Kier molecular flexibility index (Phi) is 16.9. The standard InChI is InChI=1S/C28H44N2O3S/c1-4-5-6-7-8-9-10-11-12-13-14-15-20-34-22-27(32)30-26(21-23(2)3)28(33)29-24-16-18-25(31)19-17-24/h16-19,23,26,31H,6-15,20-22H2,1-3H3,(H,29,33)(H,30,32). The molecule has 1 aromatic rings. The summed E-state index contributed by atoms with van der Waals surface area (Å²) in [5, 5.41) is 15.1. The van der Waals surface area contributed by atoms with E-state index in [0.29, 0.717) is 17.9 Å². The van der Waals surface area contributed by atoms with Gasteiger partial charge < -0.3 is 15.7 Å². The summed E-state index contributed by atoms with van der Waals surface area (Å²) in [6, 6.07) is 5.76. The highest BCUT2D eigenvalue weighted by Crippen LogP contribution is 2.16. The number of phenols is 1. The summed E-state index contributed by atoms with van der Waals surface area (Å²) in [7, 11) is 0. The van der Waals surface area contributed by atoms with Crippen LogP contribution in [0, 0.1) is 17.8 Å². The van der Waals surface area contributed by atoms with Gasteiger partial charge >= 0.3 is 0 Å². The molecule has 5 nitrogen and oxygen atoms in total. The van der Waals surface area contributed by atoms with Crippen LogP contribution in [0.1, 0.15) is 91.4 Å². The molecule has 190 valence electrons. The summed E-state index contributed by atoms with van der Waals surface area (Å²) in [5.41, 5.74) is 0.599. The predicted molar refractivity (Wildman–Crippen MR) is 145 cm³/mol. The van der Waals surface area contributed by atoms with Crippen molar-refractivity contribution in [1.29, 1.82) is 0 Å². The number of rotatable bonds is 18. The maximum atomic E-state index is 12.7. The van der Waals surface area contributed by atoms with E-state index in [1.807, 2.05) is 20.8 Å². The summed E-state index contributed by atoms with van der Waals surface area (Å²) < 4.78 is 0. The van der Waals surface area contributed by atoms with E-state index in [-0.39, 0.29) is 23.5 Å². The molecular formula is C28H44N2O3S. The molecule has 0 aromatic heterocycles. The minimum atomic E-state index is -0.568. The van der Waals surface area contributed by atoms with Gasteiger partial charge in [0.1, 0.15) is 11.8 Å². The number of amides is 2. The van der Waals surface area contributed by atoms with E-state index in [1.165, 1.54) is 63.5 Å². The normalized spacial score (nSPS) is 11.5. The summed E-state index contributed by atoms with van der Waals surface area (Å²) in [6.07, 6.45) is 13.0. The molecule has 0 heterocycles. The van der Waals surface area contributed by atoms with Crippen LogP contribution in [0.2, 0.25) is 0 Å². The fourth-order valence-corrected chi connectivity index (χ4v) is 4.48. The number of benzene rings is 1. The molecule has 3 N–H and O–H groups in total. The molecule has 0 aliphatic carbocycles. The van der Waals surface area contributed by atoms with Crippen LogP contribution < -0.4 is 10.6 Å². The number of nitrogens with one attached hydrogen (secondary N) is 2. The number of aromatic hydroxyl groups is 1. The first-order chi connectivity index (χ1) is 16.4. The third-order valence-electron chi connectivity index (χ3n) is 5.49. The number of hydrogen-bond donors (Lipinski definition) is 3. The molecular weight excluding hydrogens is 444 g/mol. The largest absolute Gasteiger partial charge is 0.508 e. The van der Waals surface area contributed by atoms with Crippen molar-refractivity contribution in [1.82, 2.24) is 5.32 Å². The molecule has 6 heteroatoms. The van der Waals surface area contributed by atoms with Gasteiger partial charge in [-0.15, -0.1) is 11.8 Å². The van der Waals surface area contributed by atoms with Crippen molar-refractivity contribution in [3.8, 4) is 17.6 Å². The molecule has 0 saturated carbocycles. The molecule has 0 aliphatic heterocycles. The van der Waals surface area contributed by atoms with E-state index in [4.69, 9.17) is 0 Å². The highest BCUT2D eigenvalue weighted by atomic mass is 32.2. The van der Waals surface area contributed by atoms with Crippen molar-refractivity contribution in [3.63, 3.8) is 0 Å². The number of phenolic OH excluding ortho intramolecular Hbond substituents is 1. The maximum Gasteiger partial charge on any atom is 0.246 e. The number of thioether (sulfide) groups is 1. The Hall–Kier alpha value is -2.13. The Morgan fingerprint density at radius 3 is 2.12 bits per heavy atom. The van der Waals surface area contributed by atoms with Crippen LogP contribution in [-0.4, -0.2) is 34.5 Å². The molecule has 1 unspecified atom stereocenters. The minimum Gasteiger partial charge on any atom is -0.508 e. The maximum absolute atomic E-state index is 12.7. The fraction of sp³-hybridized carbons (Fsp3) is 0.643. The van der Waals surface area contributed by atoms with E-state index in [9.17, 15) is 14.7 Å². The lowest BCUT2D eigenvalue weighted by Gasteiger charge is -2.20. The van der Waals surface area contributed by atoms with Crippen LogP contribution in [0.25, 0.3) is 0 Å². The fourth-order valence-electron chi connectivity index (χ4n) is 3.66. The van der Waals surface area contributed by atoms with Gasteiger partial charge in [0, 0.05) is 12.1 Å². The second-order valence-electron chi connectivity index (χ2n) is 9.20. The Morgan fingerprint density at radius 2 is 1.53 bits per heavy atom. The number of hydrogen-bond acceptors (Lipinski definition) is 4. The van der Waals surface area contributed by atoms with Crippen molar-refractivity contribution >= 4 is 29.3 Å². The number of anilines is 1. The summed E-state index contributed by atoms with van der Waals surface area (Å²) in [6.45, 7) is 5.97. The molecule has 1 aromatic carbocycles. The first-order valence-electron chi connectivity index (χ1n) is 12.8. The zero-order valence-electron chi connectivity index (χ0n) is 21.3. The second-order valence-corrected chi connectivity index (χ2v) is 10.3. The molecule has 2 amide bonds. The van der Waals surface area contributed by atoms with Gasteiger partial charge in [-0.05, 0) is 62.1 Å². The van der Waals surface area contributed by atoms with Gasteiger partial charge in [-0.2, -0.15) is 11.8 Å². The molecule has 0 aliphatic rings. The van der Waals surface area contributed by atoms with Crippen molar-refractivity contribution in [3.05, 3.63) is 24.3 Å². The Labute approximate surface area is 211 Å². The number of carbonyl (C=O) groups is 2. The van der Waals surface area contributed by atoms with Crippen molar-refractivity contribution < 1.29 is 14.7 Å². The van der Waals surface area contributed by atoms with E-state index in [1.54, 1.807) is 23.9 Å². The van der Waals surface area contributed by atoms with Crippen molar-refractivity contribution in [2.75, 3.05) is 16.8 Å². The lowest BCUT2D eigenvalue weighted by Crippen LogP contribution is -2.45. The van der Waals surface area contributed by atoms with Gasteiger partial charge in [0.2, 0.25) is 11.8 Å². The minimum absolute atomic E-state index is 0.0959. The van der Waals surface area contributed by atoms with Gasteiger partial charge in [-0.1, -0.05) is 58.8 Å². The third kappa shape index (κ3) is 15.7. The van der Waals surface area contributed by atoms with Crippen molar-refractivity contribution in [2.45, 2.75) is 97.4 Å². The van der Waals surface area contributed by atoms with E-state index < -0.39 is 6.04 Å². The second kappa shape index (κ2) is 19.2. The lowest BCUT2D eigenvalue weighted by atomic mass is 10.0. The Bertz CT molecular complexity index is 753. The summed E-state index contributed by atoms with van der Waals surface area (Å²) in [4.78, 5) is 25.1. The van der Waals surface area contributed by atoms with Crippen molar-refractivity contribution in [2.24, 2.45) is 5.92 Å². The molecule has 0 saturated heterocycles. The Morgan fingerprint density at radius 1 is 0.941 bits per heavy atom. The molecule has 0 bridgehead atoms. The molecule has 0 radical (unpaired) electrons. The molecule has 1 rings (SSSR count). The van der Waals surface area contributed by atoms with Crippen LogP contribution >= 0.6 is 11.8 Å². The summed E-state index contributed by atoms with van der Waals surface area (Å²) >= 11 is 1.64. The van der Waals surface area contributed by atoms with Gasteiger partial charge in [0.15, 0.2) is 0 Å². The highest BCUT2D eigenvalue weighted by molar-refractivity contribution is 7.99. The van der Waals surface area contributed by atoms with Gasteiger partial charge in [0.05, 0.1) is 5.75 Å². The highest BCUT2D eigenvalue weighted by Gasteiger charge is 2.22. The molecule has 0 spiro atoms. The van der Waals surface area contributed by atoms with E-state index in [2.05, 4.69) is 22.5 Å². The van der Waals surface area contributed by atoms with Crippen LogP contribution in [-0.2, 0) is 9.59 Å². The predicted octanol–water partition coefficient (Wildman–Crippen LogP) is 6.52. The zero-order chi connectivity index (χ0) is 25.0. The molecule has 34 heavy (non-hydrogen) atoms. The summed E-state index contributed by atoms with van der Waals surface area (Å²) in [5.74, 6) is 7.51. The van der Waals surface area contributed by atoms with Crippen LogP contribution in [0.3, 0.4) is 0 Å². The van der Waals surface area contributed by atoms with Crippen LogP contribution in [0.15, 0.2) is 24.3 Å². The Balaban J connectivity index is 2.14. The quantitative estimate of drug-likeness (QED) is 0.125. The van der Waals surface area contributed by atoms with Gasteiger partial charge in [-0.3, -0.25) is 9.59 Å². The monoisotopic (exact) mass is 488 g/mol. The third-order valence-corrected chi connectivity index (χ3v) is 6.54. The van der Waals surface area contributed by atoms with E-state index in [0.717, 1.165) is 18.6 Å². The van der Waals surface area contributed by atoms with E-state index >= 15 is 0 Å². The van der Waals surface area contributed by atoms with Crippen LogP contribution in [0.5, 0.6) is 5.75 Å². The first kappa shape index (κ1) is 29.9. The number of carbonyl (C=O) groups excluding carboxylic acids is 2.